The molecule has 0 heterocycles. The predicted molar refractivity (Wildman–Crippen MR) is 88.8 cm³/mol. The maximum atomic E-state index is 11.7. The highest BCUT2D eigenvalue weighted by molar-refractivity contribution is 7.80. The fourth-order valence-electron chi connectivity index (χ4n) is 5.35. The molecule has 118 valence electrons. The van der Waals surface area contributed by atoms with E-state index >= 15 is 0 Å². The number of nitrogens with one attached hydrogen (secondary N) is 2. The molecule has 1 atom stereocenters. The zero-order valence-electron chi connectivity index (χ0n) is 13.4. The highest BCUT2D eigenvalue weighted by Crippen LogP contribution is 2.61. The number of carbonyl (C=O) groups is 1. The number of thiocarbonyl (C=S) groups is 1. The second kappa shape index (κ2) is 5.53. The molecule has 1 amide bonds. The van der Waals surface area contributed by atoms with Gasteiger partial charge in [-0.3, -0.25) is 4.79 Å². The first-order valence-electron chi connectivity index (χ1n) is 8.49. The van der Waals surface area contributed by atoms with Crippen molar-refractivity contribution in [1.82, 2.24) is 10.6 Å². The lowest BCUT2D eigenvalue weighted by molar-refractivity contribution is -0.122. The first-order chi connectivity index (χ1) is 9.88. The van der Waals surface area contributed by atoms with Crippen molar-refractivity contribution in [2.45, 2.75) is 65.3 Å². The van der Waals surface area contributed by atoms with E-state index in [1.54, 1.807) is 0 Å². The Morgan fingerprint density at radius 2 is 1.52 bits per heavy atom. The molecular weight excluding hydrogens is 280 g/mol. The molecule has 0 saturated heterocycles. The van der Waals surface area contributed by atoms with Crippen molar-refractivity contribution in [2.75, 3.05) is 0 Å². The Kier molecular flexibility index (Phi) is 4.02. The third kappa shape index (κ3) is 2.96. The molecule has 0 radical (unpaired) electrons. The van der Waals surface area contributed by atoms with E-state index in [-0.39, 0.29) is 11.8 Å². The zero-order chi connectivity index (χ0) is 15.2. The summed E-state index contributed by atoms with van der Waals surface area (Å²) in [4.78, 5) is 11.7. The van der Waals surface area contributed by atoms with E-state index in [1.807, 2.05) is 13.8 Å². The Bertz CT molecular complexity index is 411. The molecule has 4 rings (SSSR count). The van der Waals surface area contributed by atoms with Crippen LogP contribution in [0.3, 0.4) is 0 Å². The van der Waals surface area contributed by atoms with Gasteiger partial charge in [-0.05, 0) is 80.8 Å². The third-order valence-electron chi connectivity index (χ3n) is 6.11. The molecule has 4 aliphatic carbocycles. The monoisotopic (exact) mass is 308 g/mol. The van der Waals surface area contributed by atoms with Gasteiger partial charge in [-0.15, -0.1) is 0 Å². The number of hydrogen-bond acceptors (Lipinski definition) is 2. The van der Waals surface area contributed by atoms with Gasteiger partial charge in [-0.2, -0.15) is 0 Å². The molecule has 0 aromatic carbocycles. The smallest absolute Gasteiger partial charge is 0.228 e. The standard InChI is InChI=1S/C17H28N2OS/c1-10(2)15(20)19-16(21)18-11(3)17-7-12-4-13(8-17)6-14(5-12)9-17/h10-14H,4-9H2,1-3H3,(H2,18,19,20,21)/t11-,12?,13?,14?,17?/m0/s1. The Labute approximate surface area is 133 Å². The lowest BCUT2D eigenvalue weighted by Gasteiger charge is -2.59. The average Bonchev–Trinajstić information content (AvgIpc) is 2.36. The summed E-state index contributed by atoms with van der Waals surface area (Å²) < 4.78 is 0. The second-order valence-electron chi connectivity index (χ2n) is 8.12. The van der Waals surface area contributed by atoms with Gasteiger partial charge in [0.25, 0.3) is 0 Å². The fourth-order valence-corrected chi connectivity index (χ4v) is 5.63. The van der Waals surface area contributed by atoms with E-state index in [2.05, 4.69) is 17.6 Å². The lowest BCUT2D eigenvalue weighted by atomic mass is 9.48. The maximum absolute atomic E-state index is 11.7. The summed E-state index contributed by atoms with van der Waals surface area (Å²) in [5.41, 5.74) is 0.418. The largest absolute Gasteiger partial charge is 0.359 e. The molecular formula is C17H28N2OS. The van der Waals surface area contributed by atoms with Crippen LogP contribution in [0.4, 0.5) is 0 Å². The van der Waals surface area contributed by atoms with Crippen LogP contribution in [0.1, 0.15) is 59.3 Å². The molecule has 0 aliphatic heterocycles. The van der Waals surface area contributed by atoms with Crippen LogP contribution in [0.5, 0.6) is 0 Å². The van der Waals surface area contributed by atoms with Gasteiger partial charge in [0.05, 0.1) is 0 Å². The Morgan fingerprint density at radius 1 is 1.05 bits per heavy atom. The Morgan fingerprint density at radius 3 is 1.95 bits per heavy atom. The number of rotatable bonds is 3. The van der Waals surface area contributed by atoms with Crippen molar-refractivity contribution < 1.29 is 4.79 Å². The van der Waals surface area contributed by atoms with Crippen LogP contribution in [-0.4, -0.2) is 17.1 Å². The molecule has 2 N–H and O–H groups in total. The fraction of sp³-hybridized carbons (Fsp3) is 0.882. The van der Waals surface area contributed by atoms with Crippen LogP contribution in [0.25, 0.3) is 0 Å². The topological polar surface area (TPSA) is 41.1 Å². The van der Waals surface area contributed by atoms with E-state index in [1.165, 1.54) is 38.5 Å². The molecule has 3 nitrogen and oxygen atoms in total. The highest BCUT2D eigenvalue weighted by atomic mass is 32.1. The molecule has 4 bridgehead atoms. The molecule has 4 aliphatic rings. The van der Waals surface area contributed by atoms with Gasteiger partial charge in [0.15, 0.2) is 5.11 Å². The van der Waals surface area contributed by atoms with E-state index in [0.29, 0.717) is 16.6 Å². The maximum Gasteiger partial charge on any atom is 0.228 e. The molecule has 0 aromatic rings. The third-order valence-corrected chi connectivity index (χ3v) is 6.33. The lowest BCUT2D eigenvalue weighted by Crippen LogP contribution is -2.57. The van der Waals surface area contributed by atoms with Gasteiger partial charge < -0.3 is 10.6 Å². The van der Waals surface area contributed by atoms with E-state index in [4.69, 9.17) is 12.2 Å². The quantitative estimate of drug-likeness (QED) is 0.787. The first kappa shape index (κ1) is 15.3. The minimum Gasteiger partial charge on any atom is -0.359 e. The van der Waals surface area contributed by atoms with E-state index in [9.17, 15) is 4.79 Å². The molecule has 4 saturated carbocycles. The summed E-state index contributed by atoms with van der Waals surface area (Å²) in [7, 11) is 0. The highest BCUT2D eigenvalue weighted by Gasteiger charge is 2.53. The van der Waals surface area contributed by atoms with Crippen molar-refractivity contribution >= 4 is 23.2 Å². The summed E-state index contributed by atoms with van der Waals surface area (Å²) >= 11 is 5.34. The molecule has 0 spiro atoms. The number of hydrogen-bond donors (Lipinski definition) is 2. The van der Waals surface area contributed by atoms with E-state index in [0.717, 1.165) is 17.8 Å². The number of carbonyl (C=O) groups excluding carboxylic acids is 1. The second-order valence-corrected chi connectivity index (χ2v) is 8.53. The zero-order valence-corrected chi connectivity index (χ0v) is 14.3. The van der Waals surface area contributed by atoms with Gasteiger partial charge in [0, 0.05) is 12.0 Å². The first-order valence-corrected chi connectivity index (χ1v) is 8.90. The van der Waals surface area contributed by atoms with E-state index < -0.39 is 0 Å². The Hall–Kier alpha value is -0.640. The van der Waals surface area contributed by atoms with Crippen molar-refractivity contribution in [2.24, 2.45) is 29.1 Å². The van der Waals surface area contributed by atoms with Crippen LogP contribution >= 0.6 is 12.2 Å². The van der Waals surface area contributed by atoms with Gasteiger partial charge in [0.1, 0.15) is 0 Å². The van der Waals surface area contributed by atoms with Crippen molar-refractivity contribution in [3.8, 4) is 0 Å². The predicted octanol–water partition coefficient (Wildman–Crippen LogP) is 3.24. The van der Waals surface area contributed by atoms with Gasteiger partial charge in [0.2, 0.25) is 5.91 Å². The van der Waals surface area contributed by atoms with Crippen molar-refractivity contribution in [1.29, 1.82) is 0 Å². The van der Waals surface area contributed by atoms with Crippen molar-refractivity contribution in [3.05, 3.63) is 0 Å². The molecule has 21 heavy (non-hydrogen) atoms. The van der Waals surface area contributed by atoms with Gasteiger partial charge in [-0.25, -0.2) is 0 Å². The average molecular weight is 308 g/mol. The number of amides is 1. The molecule has 0 aromatic heterocycles. The minimum atomic E-state index is -0.0281. The summed E-state index contributed by atoms with van der Waals surface area (Å²) in [5, 5.41) is 6.76. The van der Waals surface area contributed by atoms with Gasteiger partial charge in [-0.1, -0.05) is 13.8 Å². The molecule has 4 fully saturated rings. The van der Waals surface area contributed by atoms with Crippen LogP contribution in [0, 0.1) is 29.1 Å². The Balaban J connectivity index is 1.61. The van der Waals surface area contributed by atoms with Crippen LogP contribution < -0.4 is 10.6 Å². The van der Waals surface area contributed by atoms with Crippen LogP contribution in [0.15, 0.2) is 0 Å². The molecule has 4 heteroatoms. The van der Waals surface area contributed by atoms with Crippen LogP contribution in [-0.2, 0) is 4.79 Å². The summed E-state index contributed by atoms with van der Waals surface area (Å²) in [6.45, 7) is 6.04. The SMILES string of the molecule is CC(C)C(=O)NC(=S)N[C@@H](C)C12CC3CC(CC(C3)C1)C2. The summed E-state index contributed by atoms with van der Waals surface area (Å²) in [5.74, 6) is 2.81. The molecule has 0 unspecified atom stereocenters. The van der Waals surface area contributed by atoms with Gasteiger partial charge >= 0.3 is 0 Å². The minimum absolute atomic E-state index is 0.00483. The normalized spacial score (nSPS) is 38.4. The van der Waals surface area contributed by atoms with Crippen molar-refractivity contribution in [3.63, 3.8) is 0 Å². The summed E-state index contributed by atoms with van der Waals surface area (Å²) in [6.07, 6.45) is 8.44. The summed E-state index contributed by atoms with van der Waals surface area (Å²) in [6, 6.07) is 0.367. The van der Waals surface area contributed by atoms with Crippen LogP contribution in [0.2, 0.25) is 0 Å².